The van der Waals surface area contributed by atoms with Crippen LogP contribution in [0.3, 0.4) is 0 Å². The van der Waals surface area contributed by atoms with Gasteiger partial charge < -0.3 is 10.5 Å². The molecule has 1 aromatic rings. The third-order valence-electron chi connectivity index (χ3n) is 3.11. The van der Waals surface area contributed by atoms with Crippen LogP contribution in [0, 0.1) is 0 Å². The van der Waals surface area contributed by atoms with Crippen molar-refractivity contribution in [3.05, 3.63) is 29.3 Å². The molecule has 0 amide bonds. The number of nitrogens with two attached hydrogens (primary N) is 1. The van der Waals surface area contributed by atoms with Crippen molar-refractivity contribution in [3.8, 4) is 5.75 Å². The maximum absolute atomic E-state index is 6.18. The average Bonchev–Trinajstić information content (AvgIpc) is 2.57. The molecule has 0 fully saturated rings. The molecule has 2 unspecified atom stereocenters. The van der Waals surface area contributed by atoms with E-state index in [-0.39, 0.29) is 12.1 Å². The maximum atomic E-state index is 6.18. The SMILES string of the molecule is CCCC1Oc2c(CC)cccc2C1N. The summed E-state index contributed by atoms with van der Waals surface area (Å²) >= 11 is 0. The predicted octanol–water partition coefficient (Wildman–Crippen LogP) is 2.81. The van der Waals surface area contributed by atoms with Crippen LogP contribution >= 0.6 is 0 Å². The van der Waals surface area contributed by atoms with Crippen LogP contribution in [0.2, 0.25) is 0 Å². The first-order chi connectivity index (χ1) is 7.27. The van der Waals surface area contributed by atoms with Crippen molar-refractivity contribution in [1.82, 2.24) is 0 Å². The van der Waals surface area contributed by atoms with Gasteiger partial charge in [0.15, 0.2) is 0 Å². The quantitative estimate of drug-likeness (QED) is 0.823. The number of para-hydroxylation sites is 1. The predicted molar refractivity (Wildman–Crippen MR) is 62.1 cm³/mol. The van der Waals surface area contributed by atoms with Crippen molar-refractivity contribution in [2.45, 2.75) is 45.3 Å². The first kappa shape index (κ1) is 10.5. The Morgan fingerprint density at radius 1 is 1.33 bits per heavy atom. The highest BCUT2D eigenvalue weighted by molar-refractivity contribution is 5.46. The second-order valence-electron chi connectivity index (χ2n) is 4.16. The van der Waals surface area contributed by atoms with Crippen LogP contribution in [0.4, 0.5) is 0 Å². The van der Waals surface area contributed by atoms with E-state index in [0.29, 0.717) is 0 Å². The molecule has 1 aliphatic rings. The summed E-state index contributed by atoms with van der Waals surface area (Å²) in [5, 5.41) is 0. The van der Waals surface area contributed by atoms with Gasteiger partial charge in [0.1, 0.15) is 11.9 Å². The van der Waals surface area contributed by atoms with Crippen molar-refractivity contribution in [2.24, 2.45) is 5.73 Å². The summed E-state index contributed by atoms with van der Waals surface area (Å²) in [4.78, 5) is 0. The molecule has 1 aliphatic heterocycles. The Labute approximate surface area is 91.4 Å². The van der Waals surface area contributed by atoms with Crippen LogP contribution < -0.4 is 10.5 Å². The fourth-order valence-electron chi connectivity index (χ4n) is 2.24. The van der Waals surface area contributed by atoms with E-state index < -0.39 is 0 Å². The molecular weight excluding hydrogens is 186 g/mol. The minimum absolute atomic E-state index is 0.0615. The van der Waals surface area contributed by atoms with Crippen LogP contribution in [-0.4, -0.2) is 6.10 Å². The van der Waals surface area contributed by atoms with Gasteiger partial charge in [-0.05, 0) is 18.4 Å². The Hall–Kier alpha value is -1.02. The third-order valence-corrected chi connectivity index (χ3v) is 3.11. The molecule has 0 bridgehead atoms. The molecule has 2 N–H and O–H groups in total. The van der Waals surface area contributed by atoms with Crippen LogP contribution in [-0.2, 0) is 6.42 Å². The molecule has 0 saturated heterocycles. The summed E-state index contributed by atoms with van der Waals surface area (Å²) in [5.74, 6) is 1.05. The van der Waals surface area contributed by atoms with Crippen LogP contribution in [0.5, 0.6) is 5.75 Å². The number of benzene rings is 1. The van der Waals surface area contributed by atoms with E-state index in [9.17, 15) is 0 Å². The highest BCUT2D eigenvalue weighted by atomic mass is 16.5. The van der Waals surface area contributed by atoms with E-state index in [1.807, 2.05) is 0 Å². The smallest absolute Gasteiger partial charge is 0.127 e. The monoisotopic (exact) mass is 205 g/mol. The number of aryl methyl sites for hydroxylation is 1. The maximum Gasteiger partial charge on any atom is 0.127 e. The van der Waals surface area contributed by atoms with Crippen LogP contribution in [0.25, 0.3) is 0 Å². The summed E-state index contributed by atoms with van der Waals surface area (Å²) in [6, 6.07) is 6.36. The average molecular weight is 205 g/mol. The fourth-order valence-corrected chi connectivity index (χ4v) is 2.24. The molecule has 0 radical (unpaired) electrons. The lowest BCUT2D eigenvalue weighted by Crippen LogP contribution is -2.24. The molecule has 0 aliphatic carbocycles. The molecule has 2 nitrogen and oxygen atoms in total. The van der Waals surface area contributed by atoms with Gasteiger partial charge in [0.25, 0.3) is 0 Å². The van der Waals surface area contributed by atoms with Crippen LogP contribution in [0.15, 0.2) is 18.2 Å². The van der Waals surface area contributed by atoms with Gasteiger partial charge in [-0.25, -0.2) is 0 Å². The van der Waals surface area contributed by atoms with Crippen LogP contribution in [0.1, 0.15) is 43.9 Å². The molecule has 0 saturated carbocycles. The van der Waals surface area contributed by atoms with Gasteiger partial charge in [0.05, 0.1) is 6.04 Å². The van der Waals surface area contributed by atoms with Crippen molar-refractivity contribution in [2.75, 3.05) is 0 Å². The zero-order chi connectivity index (χ0) is 10.8. The normalized spacial score (nSPS) is 23.7. The van der Waals surface area contributed by atoms with Gasteiger partial charge in [-0.15, -0.1) is 0 Å². The van der Waals surface area contributed by atoms with E-state index in [2.05, 4.69) is 32.0 Å². The molecule has 2 atom stereocenters. The van der Waals surface area contributed by atoms with Crippen molar-refractivity contribution in [1.29, 1.82) is 0 Å². The topological polar surface area (TPSA) is 35.2 Å². The molecule has 1 heterocycles. The molecule has 82 valence electrons. The van der Waals surface area contributed by atoms with Gasteiger partial charge in [-0.1, -0.05) is 38.5 Å². The number of hydrogen-bond acceptors (Lipinski definition) is 2. The minimum Gasteiger partial charge on any atom is -0.488 e. The Balaban J connectivity index is 2.31. The van der Waals surface area contributed by atoms with Crippen molar-refractivity contribution in [3.63, 3.8) is 0 Å². The summed E-state index contributed by atoms with van der Waals surface area (Å²) in [6.07, 6.45) is 3.35. The summed E-state index contributed by atoms with van der Waals surface area (Å²) in [7, 11) is 0. The molecule has 2 heteroatoms. The van der Waals surface area contributed by atoms with Gasteiger partial charge in [0, 0.05) is 5.56 Å². The molecule has 2 rings (SSSR count). The number of fused-ring (bicyclic) bond motifs is 1. The third kappa shape index (κ3) is 1.74. The molecular formula is C13H19NO. The second-order valence-corrected chi connectivity index (χ2v) is 4.16. The summed E-state index contributed by atoms with van der Waals surface area (Å²) < 4.78 is 5.96. The fraction of sp³-hybridized carbons (Fsp3) is 0.538. The Morgan fingerprint density at radius 3 is 2.80 bits per heavy atom. The lowest BCUT2D eigenvalue weighted by molar-refractivity contribution is 0.193. The first-order valence-electron chi connectivity index (χ1n) is 5.82. The lowest BCUT2D eigenvalue weighted by atomic mass is 9.99. The molecule has 15 heavy (non-hydrogen) atoms. The number of hydrogen-bond donors (Lipinski definition) is 1. The first-order valence-corrected chi connectivity index (χ1v) is 5.82. The van der Waals surface area contributed by atoms with Gasteiger partial charge in [-0.2, -0.15) is 0 Å². The van der Waals surface area contributed by atoms with Crippen molar-refractivity contribution >= 4 is 0 Å². The van der Waals surface area contributed by atoms with E-state index >= 15 is 0 Å². The molecule has 0 spiro atoms. The summed E-state index contributed by atoms with van der Waals surface area (Å²) in [5.41, 5.74) is 8.64. The highest BCUT2D eigenvalue weighted by Crippen LogP contribution is 2.39. The number of rotatable bonds is 3. The highest BCUT2D eigenvalue weighted by Gasteiger charge is 2.31. The standard InChI is InChI=1S/C13H19NO/c1-3-6-11-12(14)10-8-5-7-9(4-2)13(10)15-11/h5,7-8,11-12H,3-4,6,14H2,1-2H3. The minimum atomic E-state index is 0.0615. The van der Waals surface area contributed by atoms with Gasteiger partial charge in [0.2, 0.25) is 0 Å². The lowest BCUT2D eigenvalue weighted by Gasteiger charge is -2.13. The second kappa shape index (κ2) is 4.23. The van der Waals surface area contributed by atoms with E-state index in [0.717, 1.165) is 25.0 Å². The van der Waals surface area contributed by atoms with Crippen molar-refractivity contribution < 1.29 is 4.74 Å². The van der Waals surface area contributed by atoms with E-state index in [1.54, 1.807) is 0 Å². The number of ether oxygens (including phenoxy) is 1. The zero-order valence-electron chi connectivity index (χ0n) is 9.49. The Morgan fingerprint density at radius 2 is 2.13 bits per heavy atom. The van der Waals surface area contributed by atoms with E-state index in [4.69, 9.17) is 10.5 Å². The molecule has 1 aromatic carbocycles. The van der Waals surface area contributed by atoms with Gasteiger partial charge in [-0.3, -0.25) is 0 Å². The molecule has 0 aromatic heterocycles. The van der Waals surface area contributed by atoms with E-state index in [1.165, 1.54) is 11.1 Å². The van der Waals surface area contributed by atoms with Gasteiger partial charge >= 0.3 is 0 Å². The summed E-state index contributed by atoms with van der Waals surface area (Å²) in [6.45, 7) is 4.32. The zero-order valence-corrected chi connectivity index (χ0v) is 9.49. The largest absolute Gasteiger partial charge is 0.488 e. The Bertz CT molecular complexity index is 348. The Kier molecular flexibility index (Phi) is 2.96.